The van der Waals surface area contributed by atoms with E-state index >= 15 is 0 Å². The van der Waals surface area contributed by atoms with Crippen LogP contribution in [-0.4, -0.2) is 26.1 Å². The molecule has 0 spiro atoms. The number of carbonyl (C=O) groups is 1. The summed E-state index contributed by atoms with van der Waals surface area (Å²) in [4.78, 5) is 11.6. The fourth-order valence-corrected chi connectivity index (χ4v) is 1.44. The van der Waals surface area contributed by atoms with Gasteiger partial charge in [0.05, 0.1) is 31.0 Å². The molecule has 96 valence electrons. The molecule has 1 aromatic rings. The van der Waals surface area contributed by atoms with Crippen LogP contribution in [0.4, 0.5) is 5.69 Å². The highest BCUT2D eigenvalue weighted by Gasteiger charge is 2.07. The number of ether oxygens (including phenoxy) is 1. The quantitative estimate of drug-likeness (QED) is 0.747. The molecule has 0 aliphatic heterocycles. The second-order valence-electron chi connectivity index (χ2n) is 3.75. The van der Waals surface area contributed by atoms with Crippen LogP contribution in [0.25, 0.3) is 0 Å². The highest BCUT2D eigenvalue weighted by molar-refractivity contribution is 5.93. The SMILES string of the molecule is CCCNCC(=O)Nc1ccc(C#N)cc1OC. The summed E-state index contributed by atoms with van der Waals surface area (Å²) in [6.45, 7) is 3.10. The zero-order valence-electron chi connectivity index (χ0n) is 10.6. The zero-order valence-corrected chi connectivity index (χ0v) is 10.6. The Kier molecular flexibility index (Phi) is 5.68. The Bertz CT molecular complexity index is 452. The molecule has 1 amide bonds. The molecule has 0 bridgehead atoms. The molecule has 5 heteroatoms. The van der Waals surface area contributed by atoms with Gasteiger partial charge in [-0.25, -0.2) is 0 Å². The number of hydrogen-bond acceptors (Lipinski definition) is 4. The summed E-state index contributed by atoms with van der Waals surface area (Å²) in [6.07, 6.45) is 0.980. The summed E-state index contributed by atoms with van der Waals surface area (Å²) in [5, 5.41) is 14.5. The van der Waals surface area contributed by atoms with Gasteiger partial charge in [0.15, 0.2) is 0 Å². The summed E-state index contributed by atoms with van der Waals surface area (Å²) in [5.74, 6) is 0.351. The topological polar surface area (TPSA) is 74.2 Å². The van der Waals surface area contributed by atoms with Gasteiger partial charge in [-0.2, -0.15) is 5.26 Å². The van der Waals surface area contributed by atoms with E-state index in [1.165, 1.54) is 7.11 Å². The van der Waals surface area contributed by atoms with Gasteiger partial charge in [-0.3, -0.25) is 4.79 Å². The third-order valence-electron chi connectivity index (χ3n) is 2.32. The van der Waals surface area contributed by atoms with E-state index in [0.29, 0.717) is 17.0 Å². The van der Waals surface area contributed by atoms with Crippen molar-refractivity contribution >= 4 is 11.6 Å². The number of nitrogens with zero attached hydrogens (tertiary/aromatic N) is 1. The summed E-state index contributed by atoms with van der Waals surface area (Å²) >= 11 is 0. The molecule has 0 saturated heterocycles. The van der Waals surface area contributed by atoms with E-state index in [2.05, 4.69) is 10.6 Å². The largest absolute Gasteiger partial charge is 0.495 e. The predicted molar refractivity (Wildman–Crippen MR) is 69.5 cm³/mol. The minimum absolute atomic E-state index is 0.133. The van der Waals surface area contributed by atoms with Crippen LogP contribution in [0.1, 0.15) is 18.9 Å². The number of amides is 1. The molecule has 0 fully saturated rings. The molecular weight excluding hydrogens is 230 g/mol. The highest BCUT2D eigenvalue weighted by atomic mass is 16.5. The fraction of sp³-hybridized carbons (Fsp3) is 0.385. The van der Waals surface area contributed by atoms with E-state index in [-0.39, 0.29) is 12.5 Å². The fourth-order valence-electron chi connectivity index (χ4n) is 1.44. The van der Waals surface area contributed by atoms with Gasteiger partial charge in [-0.1, -0.05) is 6.92 Å². The normalized spacial score (nSPS) is 9.61. The summed E-state index contributed by atoms with van der Waals surface area (Å²) in [6, 6.07) is 6.91. The zero-order chi connectivity index (χ0) is 13.4. The maximum Gasteiger partial charge on any atom is 0.238 e. The van der Waals surface area contributed by atoms with Gasteiger partial charge >= 0.3 is 0 Å². The van der Waals surface area contributed by atoms with Crippen molar-refractivity contribution in [2.45, 2.75) is 13.3 Å². The number of hydrogen-bond donors (Lipinski definition) is 2. The molecule has 0 saturated carbocycles. The van der Waals surface area contributed by atoms with E-state index in [1.807, 2.05) is 13.0 Å². The monoisotopic (exact) mass is 247 g/mol. The van der Waals surface area contributed by atoms with Crippen LogP contribution in [0.15, 0.2) is 18.2 Å². The number of methoxy groups -OCH3 is 1. The maximum atomic E-state index is 11.6. The lowest BCUT2D eigenvalue weighted by Crippen LogP contribution is -2.28. The second kappa shape index (κ2) is 7.30. The number of nitriles is 1. The lowest BCUT2D eigenvalue weighted by molar-refractivity contribution is -0.115. The first kappa shape index (κ1) is 14.0. The van der Waals surface area contributed by atoms with Crippen molar-refractivity contribution in [3.63, 3.8) is 0 Å². The van der Waals surface area contributed by atoms with Crippen LogP contribution in [0.3, 0.4) is 0 Å². The second-order valence-corrected chi connectivity index (χ2v) is 3.75. The standard InChI is InChI=1S/C13H17N3O2/c1-3-6-15-9-13(17)16-11-5-4-10(8-14)7-12(11)18-2/h4-5,7,15H,3,6,9H2,1-2H3,(H,16,17). The molecule has 0 aliphatic rings. The molecule has 0 radical (unpaired) electrons. The van der Waals surface area contributed by atoms with Crippen molar-refractivity contribution in [3.8, 4) is 11.8 Å². The molecule has 0 aliphatic carbocycles. The van der Waals surface area contributed by atoms with Gasteiger partial charge < -0.3 is 15.4 Å². The first-order valence-corrected chi connectivity index (χ1v) is 5.80. The minimum Gasteiger partial charge on any atom is -0.495 e. The van der Waals surface area contributed by atoms with E-state index in [9.17, 15) is 4.79 Å². The smallest absolute Gasteiger partial charge is 0.238 e. The molecule has 0 unspecified atom stereocenters. The van der Waals surface area contributed by atoms with Crippen molar-refractivity contribution in [1.82, 2.24) is 5.32 Å². The Hall–Kier alpha value is -2.06. The molecule has 2 N–H and O–H groups in total. The Labute approximate surface area is 107 Å². The Morgan fingerprint density at radius 2 is 2.28 bits per heavy atom. The third-order valence-corrected chi connectivity index (χ3v) is 2.32. The average molecular weight is 247 g/mol. The van der Waals surface area contributed by atoms with Gasteiger partial charge in [0.2, 0.25) is 5.91 Å². The van der Waals surface area contributed by atoms with Crippen molar-refractivity contribution in [2.75, 3.05) is 25.5 Å². The van der Waals surface area contributed by atoms with Crippen LogP contribution < -0.4 is 15.4 Å². The number of nitrogens with one attached hydrogen (secondary N) is 2. The number of carbonyl (C=O) groups excluding carboxylic acids is 1. The van der Waals surface area contributed by atoms with E-state index in [4.69, 9.17) is 10.00 Å². The van der Waals surface area contributed by atoms with Crippen molar-refractivity contribution in [2.24, 2.45) is 0 Å². The molecule has 0 aromatic heterocycles. The predicted octanol–water partition coefficient (Wildman–Crippen LogP) is 1.50. The molecule has 1 aromatic carbocycles. The van der Waals surface area contributed by atoms with Crippen LogP contribution in [0, 0.1) is 11.3 Å². The lowest BCUT2D eigenvalue weighted by atomic mass is 10.2. The highest BCUT2D eigenvalue weighted by Crippen LogP contribution is 2.25. The maximum absolute atomic E-state index is 11.6. The Morgan fingerprint density at radius 1 is 1.50 bits per heavy atom. The first-order chi connectivity index (χ1) is 8.71. The lowest BCUT2D eigenvalue weighted by Gasteiger charge is -2.10. The molecule has 0 atom stereocenters. The number of benzene rings is 1. The van der Waals surface area contributed by atoms with Crippen molar-refractivity contribution in [3.05, 3.63) is 23.8 Å². The molecule has 1 rings (SSSR count). The van der Waals surface area contributed by atoms with Gasteiger partial charge in [-0.05, 0) is 25.1 Å². The van der Waals surface area contributed by atoms with E-state index in [1.54, 1.807) is 18.2 Å². The first-order valence-electron chi connectivity index (χ1n) is 5.80. The summed E-state index contributed by atoms with van der Waals surface area (Å²) < 4.78 is 5.13. The molecule has 0 heterocycles. The summed E-state index contributed by atoms with van der Waals surface area (Å²) in [7, 11) is 1.50. The van der Waals surface area contributed by atoms with Crippen LogP contribution in [0.5, 0.6) is 5.75 Å². The van der Waals surface area contributed by atoms with Crippen molar-refractivity contribution in [1.29, 1.82) is 5.26 Å². The average Bonchev–Trinajstić information content (AvgIpc) is 2.39. The van der Waals surface area contributed by atoms with Crippen molar-refractivity contribution < 1.29 is 9.53 Å². The van der Waals surface area contributed by atoms with Gasteiger partial charge in [0.1, 0.15) is 5.75 Å². The Balaban J connectivity index is 2.66. The van der Waals surface area contributed by atoms with Crippen LogP contribution >= 0.6 is 0 Å². The van der Waals surface area contributed by atoms with Crippen LogP contribution in [-0.2, 0) is 4.79 Å². The molecule has 5 nitrogen and oxygen atoms in total. The molecule has 18 heavy (non-hydrogen) atoms. The number of anilines is 1. The van der Waals surface area contributed by atoms with Gasteiger partial charge in [-0.15, -0.1) is 0 Å². The van der Waals surface area contributed by atoms with E-state index in [0.717, 1.165) is 13.0 Å². The third kappa shape index (κ3) is 4.07. The number of rotatable bonds is 6. The minimum atomic E-state index is -0.133. The van der Waals surface area contributed by atoms with Gasteiger partial charge in [0, 0.05) is 6.07 Å². The summed E-state index contributed by atoms with van der Waals surface area (Å²) in [5.41, 5.74) is 1.06. The van der Waals surface area contributed by atoms with E-state index < -0.39 is 0 Å². The van der Waals surface area contributed by atoms with Crippen LogP contribution in [0.2, 0.25) is 0 Å². The molecular formula is C13H17N3O2. The van der Waals surface area contributed by atoms with Gasteiger partial charge in [0.25, 0.3) is 0 Å². The Morgan fingerprint density at radius 3 is 2.89 bits per heavy atom.